The van der Waals surface area contributed by atoms with E-state index in [0.29, 0.717) is 0 Å². The van der Waals surface area contributed by atoms with Crippen LogP contribution in [-0.2, 0) is 6.54 Å². The van der Waals surface area contributed by atoms with Gasteiger partial charge in [0.05, 0.1) is 11.1 Å². The highest BCUT2D eigenvalue weighted by Crippen LogP contribution is 2.35. The zero-order valence-electron chi connectivity index (χ0n) is 11.3. The fourth-order valence-corrected chi connectivity index (χ4v) is 4.36. The van der Waals surface area contributed by atoms with Crippen LogP contribution in [0.4, 0.5) is 0 Å². The zero-order chi connectivity index (χ0) is 14.1. The molecule has 0 spiro atoms. The van der Waals surface area contributed by atoms with Crippen LogP contribution in [0.15, 0.2) is 29.6 Å². The van der Waals surface area contributed by atoms with Gasteiger partial charge in [0.2, 0.25) is 0 Å². The molecule has 1 aromatic carbocycles. The van der Waals surface area contributed by atoms with Crippen LogP contribution < -0.4 is 5.32 Å². The van der Waals surface area contributed by atoms with Crippen molar-refractivity contribution < 1.29 is 0 Å². The van der Waals surface area contributed by atoms with Crippen LogP contribution in [0.2, 0.25) is 5.02 Å². The maximum absolute atomic E-state index is 6.45. The summed E-state index contributed by atoms with van der Waals surface area (Å²) in [5, 5.41) is 8.73. The third kappa shape index (κ3) is 2.74. The van der Waals surface area contributed by atoms with Crippen LogP contribution >= 0.6 is 34.3 Å². The number of nitrogens with zero attached hydrogens (tertiary/aromatic N) is 1. The van der Waals surface area contributed by atoms with E-state index >= 15 is 0 Å². The molecule has 0 aliphatic heterocycles. The largest absolute Gasteiger partial charge is 0.303 e. The normalized spacial score (nSPS) is 12.9. The van der Waals surface area contributed by atoms with Crippen molar-refractivity contribution in [3.8, 4) is 0 Å². The van der Waals surface area contributed by atoms with Gasteiger partial charge in [0, 0.05) is 32.6 Å². The second-order valence-corrected chi connectivity index (χ2v) is 7.17. The molecule has 2 aromatic heterocycles. The van der Waals surface area contributed by atoms with Crippen LogP contribution in [0.25, 0.3) is 10.1 Å². The number of thiophene rings is 1. The third-order valence-corrected chi connectivity index (χ3v) is 6.04. The van der Waals surface area contributed by atoms with Gasteiger partial charge in [-0.25, -0.2) is 4.98 Å². The number of fused-ring (bicyclic) bond motifs is 1. The molecule has 0 radical (unpaired) electrons. The van der Waals surface area contributed by atoms with Crippen molar-refractivity contribution in [2.45, 2.75) is 26.4 Å². The lowest BCUT2D eigenvalue weighted by molar-refractivity contribution is 0.575. The minimum atomic E-state index is 0.245. The molecule has 2 heterocycles. The fraction of sp³-hybridized carbons (Fsp3) is 0.267. The number of hydrogen-bond acceptors (Lipinski definition) is 4. The summed E-state index contributed by atoms with van der Waals surface area (Å²) in [5.74, 6) is 0. The van der Waals surface area contributed by atoms with Gasteiger partial charge < -0.3 is 5.32 Å². The molecule has 2 nitrogen and oxygen atoms in total. The Morgan fingerprint density at radius 2 is 2.15 bits per heavy atom. The number of aryl methyl sites for hydroxylation is 1. The SMILES string of the molecule is Cc1csc(C(C)NCc2sc3ccccc3c2Cl)n1. The summed E-state index contributed by atoms with van der Waals surface area (Å²) in [6, 6.07) is 8.51. The van der Waals surface area contributed by atoms with Gasteiger partial charge in [0.15, 0.2) is 0 Å². The van der Waals surface area contributed by atoms with Gasteiger partial charge in [-0.15, -0.1) is 22.7 Å². The summed E-state index contributed by atoms with van der Waals surface area (Å²) in [6.07, 6.45) is 0. The first-order valence-electron chi connectivity index (χ1n) is 6.46. The molecule has 3 rings (SSSR count). The van der Waals surface area contributed by atoms with E-state index in [-0.39, 0.29) is 6.04 Å². The van der Waals surface area contributed by atoms with Gasteiger partial charge in [0.25, 0.3) is 0 Å². The number of halogens is 1. The number of thiazole rings is 1. The molecule has 104 valence electrons. The Morgan fingerprint density at radius 3 is 2.85 bits per heavy atom. The lowest BCUT2D eigenvalue weighted by Gasteiger charge is -2.10. The Balaban J connectivity index is 1.75. The summed E-state index contributed by atoms with van der Waals surface area (Å²) in [4.78, 5) is 5.70. The van der Waals surface area contributed by atoms with E-state index in [2.05, 4.69) is 34.7 Å². The number of rotatable bonds is 4. The van der Waals surface area contributed by atoms with Crippen molar-refractivity contribution in [2.24, 2.45) is 0 Å². The molecule has 0 amide bonds. The number of aromatic nitrogens is 1. The molecule has 0 saturated heterocycles. The van der Waals surface area contributed by atoms with E-state index in [1.165, 1.54) is 9.58 Å². The summed E-state index contributed by atoms with van der Waals surface area (Å²) in [5.41, 5.74) is 1.08. The molecule has 1 atom stereocenters. The maximum atomic E-state index is 6.45. The highest BCUT2D eigenvalue weighted by atomic mass is 35.5. The highest BCUT2D eigenvalue weighted by Gasteiger charge is 2.13. The monoisotopic (exact) mass is 322 g/mol. The highest BCUT2D eigenvalue weighted by molar-refractivity contribution is 7.19. The van der Waals surface area contributed by atoms with Crippen LogP contribution in [0.5, 0.6) is 0 Å². The fourth-order valence-electron chi connectivity index (χ4n) is 2.08. The lowest BCUT2D eigenvalue weighted by Crippen LogP contribution is -2.17. The van der Waals surface area contributed by atoms with Crippen LogP contribution in [0.3, 0.4) is 0 Å². The topological polar surface area (TPSA) is 24.9 Å². The molecule has 1 N–H and O–H groups in total. The number of nitrogens with one attached hydrogen (secondary N) is 1. The maximum Gasteiger partial charge on any atom is 0.110 e. The van der Waals surface area contributed by atoms with E-state index in [0.717, 1.165) is 27.7 Å². The van der Waals surface area contributed by atoms with Gasteiger partial charge in [0.1, 0.15) is 5.01 Å². The van der Waals surface area contributed by atoms with E-state index in [4.69, 9.17) is 11.6 Å². The average molecular weight is 323 g/mol. The Kier molecular flexibility index (Phi) is 4.08. The zero-order valence-corrected chi connectivity index (χ0v) is 13.7. The van der Waals surface area contributed by atoms with Crippen molar-refractivity contribution in [3.05, 3.63) is 50.2 Å². The standard InChI is InChI=1S/C15H15ClN2S2/c1-9-8-19-15(18-9)10(2)17-7-13-14(16)11-5-3-4-6-12(11)20-13/h3-6,8,10,17H,7H2,1-2H3. The Hall–Kier alpha value is -0.940. The smallest absolute Gasteiger partial charge is 0.110 e. The summed E-state index contributed by atoms with van der Waals surface area (Å²) >= 11 is 9.90. The second kappa shape index (κ2) is 5.82. The Labute approximate surface area is 131 Å². The predicted octanol–water partition coefficient (Wildman–Crippen LogP) is 5.17. The van der Waals surface area contributed by atoms with Crippen molar-refractivity contribution in [2.75, 3.05) is 0 Å². The van der Waals surface area contributed by atoms with E-state index in [9.17, 15) is 0 Å². The number of benzene rings is 1. The molecular formula is C15H15ClN2S2. The Morgan fingerprint density at radius 1 is 1.35 bits per heavy atom. The van der Waals surface area contributed by atoms with Gasteiger partial charge in [-0.1, -0.05) is 29.8 Å². The first kappa shape index (κ1) is 14.0. The molecule has 5 heteroatoms. The lowest BCUT2D eigenvalue weighted by atomic mass is 10.2. The van der Waals surface area contributed by atoms with Crippen LogP contribution in [0.1, 0.15) is 28.5 Å². The van der Waals surface area contributed by atoms with Gasteiger partial charge in [-0.2, -0.15) is 0 Å². The van der Waals surface area contributed by atoms with E-state index in [1.807, 2.05) is 19.1 Å². The molecule has 0 aliphatic carbocycles. The second-order valence-electron chi connectivity index (χ2n) is 4.77. The summed E-state index contributed by atoms with van der Waals surface area (Å²) in [7, 11) is 0. The van der Waals surface area contributed by atoms with E-state index in [1.54, 1.807) is 22.7 Å². The first-order chi connectivity index (χ1) is 9.65. The quantitative estimate of drug-likeness (QED) is 0.716. The van der Waals surface area contributed by atoms with Gasteiger partial charge in [-0.05, 0) is 19.9 Å². The average Bonchev–Trinajstić information content (AvgIpc) is 3.01. The van der Waals surface area contributed by atoms with Crippen LogP contribution in [-0.4, -0.2) is 4.98 Å². The molecule has 0 bridgehead atoms. The third-order valence-electron chi connectivity index (χ3n) is 3.18. The summed E-state index contributed by atoms with van der Waals surface area (Å²) < 4.78 is 1.24. The van der Waals surface area contributed by atoms with E-state index < -0.39 is 0 Å². The van der Waals surface area contributed by atoms with Crippen molar-refractivity contribution in [3.63, 3.8) is 0 Å². The Bertz CT molecular complexity index is 732. The molecule has 3 aromatic rings. The minimum Gasteiger partial charge on any atom is -0.303 e. The summed E-state index contributed by atoms with van der Waals surface area (Å²) in [6.45, 7) is 4.94. The molecule has 0 saturated carbocycles. The molecular weight excluding hydrogens is 308 g/mol. The predicted molar refractivity (Wildman–Crippen MR) is 88.9 cm³/mol. The molecule has 0 fully saturated rings. The van der Waals surface area contributed by atoms with Crippen molar-refractivity contribution in [1.82, 2.24) is 10.3 Å². The molecule has 1 unspecified atom stereocenters. The van der Waals surface area contributed by atoms with Gasteiger partial charge >= 0.3 is 0 Å². The number of hydrogen-bond donors (Lipinski definition) is 1. The van der Waals surface area contributed by atoms with Gasteiger partial charge in [-0.3, -0.25) is 0 Å². The molecule has 0 aliphatic rings. The first-order valence-corrected chi connectivity index (χ1v) is 8.54. The minimum absolute atomic E-state index is 0.245. The van der Waals surface area contributed by atoms with Crippen molar-refractivity contribution in [1.29, 1.82) is 0 Å². The molecule has 20 heavy (non-hydrogen) atoms. The van der Waals surface area contributed by atoms with Crippen LogP contribution in [0, 0.1) is 6.92 Å². The van der Waals surface area contributed by atoms with Crippen molar-refractivity contribution >= 4 is 44.4 Å².